The Bertz CT molecular complexity index is 291. The lowest BCUT2D eigenvalue weighted by atomic mass is 10.6. The highest BCUT2D eigenvalue weighted by atomic mass is 35.5. The van der Waals surface area contributed by atoms with Gasteiger partial charge < -0.3 is 4.74 Å². The number of methoxy groups -OCH3 is 1. The van der Waals surface area contributed by atoms with E-state index in [0.717, 1.165) is 0 Å². The van der Waals surface area contributed by atoms with Crippen molar-refractivity contribution in [2.75, 3.05) is 19.0 Å². The predicted octanol–water partition coefficient (Wildman–Crippen LogP) is 0.862. The largest absolute Gasteiger partial charge is 0.375 e. The summed E-state index contributed by atoms with van der Waals surface area (Å²) in [6, 6.07) is 0. The Morgan fingerprint density at radius 2 is 2.46 bits per heavy atom. The van der Waals surface area contributed by atoms with Gasteiger partial charge in [-0.3, -0.25) is 10.1 Å². The molecule has 0 aliphatic heterocycles. The molecule has 0 aliphatic carbocycles. The molecule has 0 radical (unpaired) electrons. The lowest BCUT2D eigenvalue weighted by Gasteiger charge is -1.97. The van der Waals surface area contributed by atoms with Crippen molar-refractivity contribution in [1.82, 2.24) is 10.2 Å². The molecule has 1 amide bonds. The minimum atomic E-state index is -0.250. The Labute approximate surface area is 84.1 Å². The molecule has 7 heteroatoms. The lowest BCUT2D eigenvalue weighted by Crippen LogP contribution is -2.16. The normalized spacial score (nSPS) is 10.0. The first-order chi connectivity index (χ1) is 6.26. The second-order valence-corrected chi connectivity index (χ2v) is 3.45. The number of anilines is 1. The van der Waals surface area contributed by atoms with Crippen molar-refractivity contribution < 1.29 is 9.53 Å². The third-order valence-electron chi connectivity index (χ3n) is 1.10. The number of nitrogens with zero attached hydrogens (tertiary/aromatic N) is 2. The summed E-state index contributed by atoms with van der Waals surface area (Å²) in [6.45, 7) is 0.00971. The molecule has 0 bridgehead atoms. The van der Waals surface area contributed by atoms with E-state index in [1.165, 1.54) is 18.4 Å². The van der Waals surface area contributed by atoms with Crippen LogP contribution in [-0.2, 0) is 15.4 Å². The summed E-state index contributed by atoms with van der Waals surface area (Å²) in [5.74, 6) is 0.0532. The van der Waals surface area contributed by atoms with Gasteiger partial charge in [0.25, 0.3) is 5.91 Å². The van der Waals surface area contributed by atoms with Gasteiger partial charge in [-0.1, -0.05) is 11.3 Å². The number of carbonyl (C=O) groups is 1. The van der Waals surface area contributed by atoms with Crippen LogP contribution >= 0.6 is 22.9 Å². The summed E-state index contributed by atoms with van der Waals surface area (Å²) in [4.78, 5) is 11.0. The molecule has 0 aromatic carbocycles. The number of nitrogens with one attached hydrogen (secondary N) is 1. The maximum absolute atomic E-state index is 11.0. The van der Waals surface area contributed by atoms with Crippen molar-refractivity contribution in [3.63, 3.8) is 0 Å². The van der Waals surface area contributed by atoms with Gasteiger partial charge in [-0.2, -0.15) is 0 Å². The van der Waals surface area contributed by atoms with Crippen molar-refractivity contribution >= 4 is 34.0 Å². The molecular formula is C6H8ClN3O2S. The molecule has 1 aromatic rings. The smallest absolute Gasteiger partial charge is 0.252 e. The maximum Gasteiger partial charge on any atom is 0.252 e. The minimum absolute atomic E-state index is 0.00971. The third-order valence-corrected chi connectivity index (χ3v) is 2.35. The summed E-state index contributed by atoms with van der Waals surface area (Å²) >= 11 is 6.75. The molecule has 1 aromatic heterocycles. The second-order valence-electron chi connectivity index (χ2n) is 2.12. The standard InChI is InChI=1S/C6H8ClN3O2S/c1-12-3-4(11)8-6-10-9-5(2-7)13-6/h2-3H2,1H3,(H,8,10,11). The van der Waals surface area contributed by atoms with Gasteiger partial charge in [-0.15, -0.1) is 21.8 Å². The third kappa shape index (κ3) is 3.25. The SMILES string of the molecule is COCC(=O)Nc1nnc(CCl)s1. The Kier molecular flexibility index (Phi) is 4.07. The molecule has 1 heterocycles. The van der Waals surface area contributed by atoms with E-state index in [-0.39, 0.29) is 12.5 Å². The topological polar surface area (TPSA) is 64.1 Å². The van der Waals surface area contributed by atoms with E-state index in [9.17, 15) is 4.79 Å². The first-order valence-electron chi connectivity index (χ1n) is 3.43. The summed E-state index contributed by atoms with van der Waals surface area (Å²) < 4.78 is 4.63. The van der Waals surface area contributed by atoms with Crippen molar-refractivity contribution in [3.05, 3.63) is 5.01 Å². The monoisotopic (exact) mass is 221 g/mol. The fraction of sp³-hybridized carbons (Fsp3) is 0.500. The average molecular weight is 222 g/mol. The van der Waals surface area contributed by atoms with Crippen molar-refractivity contribution in [2.24, 2.45) is 0 Å². The average Bonchev–Trinajstić information content (AvgIpc) is 2.52. The fourth-order valence-corrected chi connectivity index (χ4v) is 1.47. The van der Waals surface area contributed by atoms with E-state index >= 15 is 0 Å². The lowest BCUT2D eigenvalue weighted by molar-refractivity contribution is -0.119. The van der Waals surface area contributed by atoms with Crippen LogP contribution in [0.4, 0.5) is 5.13 Å². The number of amides is 1. The molecule has 0 saturated carbocycles. The first-order valence-corrected chi connectivity index (χ1v) is 4.78. The fourth-order valence-electron chi connectivity index (χ4n) is 0.645. The second kappa shape index (κ2) is 5.11. The van der Waals surface area contributed by atoms with Crippen LogP contribution in [0.3, 0.4) is 0 Å². The highest BCUT2D eigenvalue weighted by Crippen LogP contribution is 2.16. The first kappa shape index (κ1) is 10.4. The van der Waals surface area contributed by atoms with Crippen LogP contribution in [0, 0.1) is 0 Å². The van der Waals surface area contributed by atoms with Crippen LogP contribution in [0.5, 0.6) is 0 Å². The summed E-state index contributed by atoms with van der Waals surface area (Å²) in [6.07, 6.45) is 0. The molecule has 72 valence electrons. The number of halogens is 1. The Balaban J connectivity index is 2.49. The molecule has 1 N–H and O–H groups in total. The van der Waals surface area contributed by atoms with Gasteiger partial charge in [-0.25, -0.2) is 0 Å². The van der Waals surface area contributed by atoms with Gasteiger partial charge in [0.2, 0.25) is 5.13 Å². The zero-order valence-corrected chi connectivity index (χ0v) is 8.48. The van der Waals surface area contributed by atoms with E-state index in [1.807, 2.05) is 0 Å². The van der Waals surface area contributed by atoms with Gasteiger partial charge in [0, 0.05) is 7.11 Å². The number of rotatable bonds is 4. The van der Waals surface area contributed by atoms with Gasteiger partial charge in [0.15, 0.2) is 0 Å². The minimum Gasteiger partial charge on any atom is -0.375 e. The van der Waals surface area contributed by atoms with E-state index in [0.29, 0.717) is 16.0 Å². The molecular weight excluding hydrogens is 214 g/mol. The van der Waals surface area contributed by atoms with Gasteiger partial charge >= 0.3 is 0 Å². The molecule has 13 heavy (non-hydrogen) atoms. The Morgan fingerprint density at radius 1 is 1.69 bits per heavy atom. The zero-order valence-electron chi connectivity index (χ0n) is 6.91. The molecule has 0 fully saturated rings. The Hall–Kier alpha value is -0.720. The quantitative estimate of drug-likeness (QED) is 0.766. The van der Waals surface area contributed by atoms with Gasteiger partial charge in [-0.05, 0) is 0 Å². The number of hydrogen-bond donors (Lipinski definition) is 1. The molecule has 0 aliphatic rings. The number of alkyl halides is 1. The van der Waals surface area contributed by atoms with Gasteiger partial charge in [0.05, 0.1) is 5.88 Å². The molecule has 0 atom stereocenters. The highest BCUT2D eigenvalue weighted by molar-refractivity contribution is 7.15. The van der Waals surface area contributed by atoms with Crippen molar-refractivity contribution in [1.29, 1.82) is 0 Å². The molecule has 0 saturated heterocycles. The molecule has 0 unspecified atom stereocenters. The number of carbonyl (C=O) groups excluding carboxylic acids is 1. The molecule has 1 rings (SSSR count). The maximum atomic E-state index is 11.0. The molecule has 0 spiro atoms. The zero-order chi connectivity index (χ0) is 9.68. The summed E-state index contributed by atoms with van der Waals surface area (Å²) in [5, 5.41) is 11.1. The Morgan fingerprint density at radius 3 is 3.00 bits per heavy atom. The van der Waals surface area contributed by atoms with Crippen LogP contribution in [0.1, 0.15) is 5.01 Å². The summed E-state index contributed by atoms with van der Waals surface area (Å²) in [7, 11) is 1.45. The predicted molar refractivity (Wildman–Crippen MR) is 50.0 cm³/mol. The number of ether oxygens (including phenoxy) is 1. The highest BCUT2D eigenvalue weighted by Gasteiger charge is 2.06. The van der Waals surface area contributed by atoms with Crippen LogP contribution < -0.4 is 5.32 Å². The van der Waals surface area contributed by atoms with E-state index in [1.54, 1.807) is 0 Å². The van der Waals surface area contributed by atoms with E-state index in [4.69, 9.17) is 11.6 Å². The number of aromatic nitrogens is 2. The van der Waals surface area contributed by atoms with Crippen LogP contribution in [0.15, 0.2) is 0 Å². The van der Waals surface area contributed by atoms with Crippen LogP contribution in [0.2, 0.25) is 0 Å². The summed E-state index contributed by atoms with van der Waals surface area (Å²) in [5.41, 5.74) is 0. The van der Waals surface area contributed by atoms with Crippen LogP contribution in [-0.4, -0.2) is 29.8 Å². The number of hydrogen-bond acceptors (Lipinski definition) is 5. The van der Waals surface area contributed by atoms with Gasteiger partial charge in [0.1, 0.15) is 11.6 Å². The molecule has 5 nitrogen and oxygen atoms in total. The van der Waals surface area contributed by atoms with Crippen molar-refractivity contribution in [3.8, 4) is 0 Å². The van der Waals surface area contributed by atoms with Crippen LogP contribution in [0.25, 0.3) is 0 Å². The van der Waals surface area contributed by atoms with Crippen molar-refractivity contribution in [2.45, 2.75) is 5.88 Å². The van der Waals surface area contributed by atoms with E-state index < -0.39 is 0 Å². The van der Waals surface area contributed by atoms with E-state index in [2.05, 4.69) is 20.3 Å².